The molecule has 1 aromatic carbocycles. The average molecular weight is 492 g/mol. The number of fused-ring (bicyclic) bond motifs is 3. The molecule has 1 N–H and O–H groups in total. The van der Waals surface area contributed by atoms with Gasteiger partial charge in [-0.25, -0.2) is 9.59 Å². The topological polar surface area (TPSA) is 113 Å². The predicted molar refractivity (Wildman–Crippen MR) is 124 cm³/mol. The Morgan fingerprint density at radius 2 is 1.66 bits per heavy atom. The van der Waals surface area contributed by atoms with E-state index in [4.69, 9.17) is 14.2 Å². The van der Waals surface area contributed by atoms with Crippen molar-refractivity contribution in [2.24, 2.45) is 0 Å². The Hall–Kier alpha value is -2.69. The van der Waals surface area contributed by atoms with Crippen LogP contribution < -0.4 is 10.0 Å². The van der Waals surface area contributed by atoms with Gasteiger partial charge in [0.15, 0.2) is 0 Å². The Morgan fingerprint density at radius 3 is 2.14 bits per heavy atom. The lowest BCUT2D eigenvalue weighted by Crippen LogP contribution is -3.17. The molecule has 4 aliphatic rings. The lowest BCUT2D eigenvalue weighted by Gasteiger charge is -2.38. The Balaban J connectivity index is 0.000000355. The molecule has 2 bridgehead atoms. The molecule has 1 amide bonds. The maximum Gasteiger partial charge on any atom is 0.410 e. The van der Waals surface area contributed by atoms with Gasteiger partial charge in [0, 0.05) is 26.2 Å². The summed E-state index contributed by atoms with van der Waals surface area (Å²) in [6.07, 6.45) is -1.38. The van der Waals surface area contributed by atoms with E-state index in [-0.39, 0.29) is 19.6 Å². The molecule has 2 atom stereocenters. The van der Waals surface area contributed by atoms with E-state index in [1.54, 1.807) is 32.9 Å². The van der Waals surface area contributed by atoms with Crippen LogP contribution in [0, 0.1) is 0 Å². The van der Waals surface area contributed by atoms with Gasteiger partial charge in [0.25, 0.3) is 0 Å². The molecule has 0 radical (unpaired) electrons. The fraction of sp³-hybridized carbons (Fsp3) is 0.640. The smallest absolute Gasteiger partial charge is 0.410 e. The molecule has 4 heterocycles. The summed E-state index contributed by atoms with van der Waals surface area (Å²) < 4.78 is 15.7. The van der Waals surface area contributed by atoms with Crippen molar-refractivity contribution in [1.82, 2.24) is 9.80 Å². The molecule has 1 aromatic rings. The number of carboxylic acid groups (broad SMARTS) is 1. The molecule has 0 aliphatic carbocycles. The number of benzene rings is 1. The lowest BCUT2D eigenvalue weighted by atomic mass is 10.1. The van der Waals surface area contributed by atoms with E-state index in [1.165, 1.54) is 39.3 Å². The Kier molecular flexibility index (Phi) is 9.47. The molecule has 35 heavy (non-hydrogen) atoms. The van der Waals surface area contributed by atoms with Crippen molar-refractivity contribution in [2.45, 2.75) is 51.5 Å². The molecule has 0 spiro atoms. The van der Waals surface area contributed by atoms with Crippen LogP contribution in [0.3, 0.4) is 0 Å². The molecule has 10 nitrogen and oxygen atoms in total. The van der Waals surface area contributed by atoms with Crippen molar-refractivity contribution in [3.05, 3.63) is 35.9 Å². The summed E-state index contributed by atoms with van der Waals surface area (Å²) in [5.41, 5.74) is 0.115. The number of aliphatic carboxylic acids is 1. The molecule has 4 fully saturated rings. The van der Waals surface area contributed by atoms with Crippen LogP contribution in [0.1, 0.15) is 32.8 Å². The van der Waals surface area contributed by atoms with Crippen molar-refractivity contribution in [3.8, 4) is 0 Å². The second-order valence-electron chi connectivity index (χ2n) is 10.1. The maximum absolute atomic E-state index is 12.3. The second kappa shape index (κ2) is 12.3. The third kappa shape index (κ3) is 8.48. The van der Waals surface area contributed by atoms with Gasteiger partial charge in [-0.15, -0.1) is 0 Å². The minimum absolute atomic E-state index is 0.0272. The van der Waals surface area contributed by atoms with Gasteiger partial charge < -0.3 is 29.0 Å². The van der Waals surface area contributed by atoms with E-state index in [1.807, 2.05) is 23.1 Å². The number of amides is 1. The van der Waals surface area contributed by atoms with Crippen molar-refractivity contribution in [3.63, 3.8) is 0 Å². The standard InChI is InChI=1S/C19H25NO7.C6H12N2/c1-19(2,3)27-15(21)12-25-14-9-10-20(16(14)17(22)23)18(24)26-11-13-7-5-4-6-8-13;1-2-8-5-3-7(1)4-6-8/h4-8,14,16H,9-12H2,1-3H3,(H,22,23);1-6H2/t14-,16-;/m0./s1. The number of nitrogens with zero attached hydrogens (tertiary/aromatic N) is 2. The van der Waals surface area contributed by atoms with E-state index in [9.17, 15) is 19.5 Å². The highest BCUT2D eigenvalue weighted by atomic mass is 16.6. The monoisotopic (exact) mass is 491 g/mol. The summed E-state index contributed by atoms with van der Waals surface area (Å²) in [6.45, 7) is 13.2. The average Bonchev–Trinajstić information content (AvgIpc) is 3.27. The largest absolute Gasteiger partial charge is 0.548 e. The highest BCUT2D eigenvalue weighted by Gasteiger charge is 2.40. The van der Waals surface area contributed by atoms with E-state index in [0.717, 1.165) is 10.5 Å². The van der Waals surface area contributed by atoms with Crippen molar-refractivity contribution in [2.75, 3.05) is 52.4 Å². The molecular weight excluding hydrogens is 454 g/mol. The van der Waals surface area contributed by atoms with Gasteiger partial charge in [-0.3, -0.25) is 9.80 Å². The van der Waals surface area contributed by atoms with Gasteiger partial charge in [-0.05, 0) is 32.8 Å². The van der Waals surface area contributed by atoms with Gasteiger partial charge >= 0.3 is 12.1 Å². The van der Waals surface area contributed by atoms with Crippen LogP contribution in [0.15, 0.2) is 30.3 Å². The molecule has 4 saturated heterocycles. The van der Waals surface area contributed by atoms with E-state index in [2.05, 4.69) is 4.90 Å². The third-order valence-corrected chi connectivity index (χ3v) is 6.20. The number of hydrogen-bond donors (Lipinski definition) is 1. The van der Waals surface area contributed by atoms with Crippen LogP contribution in [0.25, 0.3) is 0 Å². The number of rotatable bonds is 6. The number of likely N-dealkylation sites (tertiary alicyclic amines) is 1. The molecule has 0 aromatic heterocycles. The molecular formula is C25H37N3O7. The molecule has 0 saturated carbocycles. The summed E-state index contributed by atoms with van der Waals surface area (Å²) >= 11 is 0. The fourth-order valence-electron chi connectivity index (χ4n) is 4.43. The van der Waals surface area contributed by atoms with Crippen molar-refractivity contribution < 1.29 is 38.6 Å². The summed E-state index contributed by atoms with van der Waals surface area (Å²) in [6, 6.07) is 7.72. The van der Waals surface area contributed by atoms with E-state index in [0.29, 0.717) is 0 Å². The number of hydrogen-bond acceptors (Lipinski definition) is 8. The van der Waals surface area contributed by atoms with Gasteiger partial charge in [0.2, 0.25) is 0 Å². The molecule has 5 rings (SSSR count). The van der Waals surface area contributed by atoms with Gasteiger partial charge in [0.1, 0.15) is 24.9 Å². The third-order valence-electron chi connectivity index (χ3n) is 6.20. The molecule has 194 valence electrons. The van der Waals surface area contributed by atoms with Gasteiger partial charge in [-0.2, -0.15) is 0 Å². The first-order valence-corrected chi connectivity index (χ1v) is 12.2. The SMILES string of the molecule is C1C[NH+]2CCN1CC2.CC(C)(C)OC(=O)CO[C@H]1CCN(C(=O)OCc2ccccc2)[C@@H]1C(=O)[O-]. The number of ether oxygens (including phenoxy) is 3. The maximum atomic E-state index is 12.3. The van der Waals surface area contributed by atoms with Crippen LogP contribution in [0.2, 0.25) is 0 Å². The number of carboxylic acids is 1. The number of piperazine rings is 3. The minimum atomic E-state index is -1.46. The molecule has 4 aliphatic heterocycles. The lowest BCUT2D eigenvalue weighted by molar-refractivity contribution is -0.914. The Morgan fingerprint density at radius 1 is 1.03 bits per heavy atom. The minimum Gasteiger partial charge on any atom is -0.548 e. The van der Waals surface area contributed by atoms with Crippen LogP contribution in [-0.2, 0) is 30.4 Å². The van der Waals surface area contributed by atoms with Crippen LogP contribution in [0.4, 0.5) is 4.79 Å². The summed E-state index contributed by atoms with van der Waals surface area (Å²) in [4.78, 5) is 41.0. The summed E-state index contributed by atoms with van der Waals surface area (Å²) in [7, 11) is 0. The fourth-order valence-corrected chi connectivity index (χ4v) is 4.43. The summed E-state index contributed by atoms with van der Waals surface area (Å²) in [5.74, 6) is -2.07. The van der Waals surface area contributed by atoms with Gasteiger partial charge in [-0.1, -0.05) is 30.3 Å². The zero-order chi connectivity index (χ0) is 25.4. The number of carbonyl (C=O) groups excluding carboxylic acids is 3. The van der Waals surface area contributed by atoms with Crippen molar-refractivity contribution >= 4 is 18.0 Å². The number of esters is 1. The van der Waals surface area contributed by atoms with E-state index >= 15 is 0 Å². The Labute approximate surface area is 206 Å². The Bertz CT molecular complexity index is 827. The van der Waals surface area contributed by atoms with Gasteiger partial charge in [0.05, 0.1) is 31.7 Å². The molecule has 0 unspecified atom stereocenters. The second-order valence-corrected chi connectivity index (χ2v) is 10.1. The quantitative estimate of drug-likeness (QED) is 0.508. The van der Waals surface area contributed by atoms with Crippen LogP contribution >= 0.6 is 0 Å². The highest BCUT2D eigenvalue weighted by molar-refractivity contribution is 5.80. The normalized spacial score (nSPS) is 25.4. The van der Waals surface area contributed by atoms with Crippen molar-refractivity contribution in [1.29, 1.82) is 0 Å². The first-order chi connectivity index (χ1) is 16.6. The first-order valence-electron chi connectivity index (χ1n) is 12.2. The number of quaternary nitrogens is 1. The van der Waals surface area contributed by atoms with Crippen LogP contribution in [0.5, 0.6) is 0 Å². The van der Waals surface area contributed by atoms with E-state index < -0.39 is 42.4 Å². The van der Waals surface area contributed by atoms with Crippen LogP contribution in [-0.4, -0.2) is 98.0 Å². The zero-order valence-electron chi connectivity index (χ0n) is 20.9. The molecule has 10 heteroatoms. The zero-order valence-corrected chi connectivity index (χ0v) is 20.9. The number of carbonyl (C=O) groups is 3. The predicted octanol–water partition coefficient (Wildman–Crippen LogP) is -0.925. The highest BCUT2D eigenvalue weighted by Crippen LogP contribution is 2.22. The summed E-state index contributed by atoms with van der Waals surface area (Å²) in [5, 5.41) is 11.5. The first kappa shape index (κ1) is 26.9. The number of nitrogens with one attached hydrogen (secondary N) is 1.